The second-order valence-corrected chi connectivity index (χ2v) is 8.34. The first-order valence-electron chi connectivity index (χ1n) is 9.88. The number of carbonyl (C=O) groups is 2. The Morgan fingerprint density at radius 2 is 1.74 bits per heavy atom. The minimum atomic E-state index is -0.398. The molecule has 1 N–H and O–H groups in total. The van der Waals surface area contributed by atoms with Crippen LogP contribution >= 0.6 is 11.8 Å². The Hall–Kier alpha value is -3.38. The summed E-state index contributed by atoms with van der Waals surface area (Å²) in [5, 5.41) is 2.87. The van der Waals surface area contributed by atoms with Crippen molar-refractivity contribution in [3.05, 3.63) is 100 Å². The maximum Gasteiger partial charge on any atom is 0.265 e. The van der Waals surface area contributed by atoms with Crippen molar-refractivity contribution < 1.29 is 14.0 Å². The Morgan fingerprint density at radius 1 is 1.03 bits per heavy atom. The van der Waals surface area contributed by atoms with Gasteiger partial charge in [0.2, 0.25) is 5.91 Å². The molecule has 0 saturated carbocycles. The summed E-state index contributed by atoms with van der Waals surface area (Å²) in [5.74, 6) is -0.983. The number of hydrogen-bond acceptors (Lipinski definition) is 3. The highest BCUT2D eigenvalue weighted by atomic mass is 32.2. The van der Waals surface area contributed by atoms with Crippen molar-refractivity contribution in [1.29, 1.82) is 0 Å². The van der Waals surface area contributed by atoms with Crippen molar-refractivity contribution in [3.8, 4) is 0 Å². The van der Waals surface area contributed by atoms with Gasteiger partial charge in [0.1, 0.15) is 12.4 Å². The van der Waals surface area contributed by atoms with Crippen LogP contribution in [0.15, 0.2) is 82.6 Å². The fourth-order valence-electron chi connectivity index (χ4n) is 3.26. The monoisotopic (exact) mass is 432 g/mol. The summed E-state index contributed by atoms with van der Waals surface area (Å²) >= 11 is 1.28. The summed E-state index contributed by atoms with van der Waals surface area (Å²) in [5.41, 5.74) is 3.15. The molecule has 156 valence electrons. The normalized spacial score (nSPS) is 14.5. The molecule has 3 aromatic carbocycles. The van der Waals surface area contributed by atoms with E-state index < -0.39 is 5.82 Å². The van der Waals surface area contributed by atoms with Crippen LogP contribution in [0.25, 0.3) is 6.08 Å². The zero-order valence-electron chi connectivity index (χ0n) is 17.0. The van der Waals surface area contributed by atoms with E-state index in [2.05, 4.69) is 5.32 Å². The molecule has 0 aliphatic carbocycles. The summed E-state index contributed by atoms with van der Waals surface area (Å²) in [6, 6.07) is 21.6. The lowest BCUT2D eigenvalue weighted by molar-refractivity contribution is -0.122. The number of halogens is 1. The van der Waals surface area contributed by atoms with Crippen LogP contribution in [0.3, 0.4) is 0 Å². The number of nitrogens with one attached hydrogen (secondary N) is 1. The smallest absolute Gasteiger partial charge is 0.265 e. The summed E-state index contributed by atoms with van der Waals surface area (Å²) in [7, 11) is 0. The van der Waals surface area contributed by atoms with Gasteiger partial charge in [-0.3, -0.25) is 14.5 Å². The van der Waals surface area contributed by atoms with Crippen LogP contribution in [0.4, 0.5) is 10.1 Å². The van der Waals surface area contributed by atoms with Crippen LogP contribution in [0, 0.1) is 12.7 Å². The third-order valence-electron chi connectivity index (χ3n) is 4.94. The standard InChI is InChI=1S/C25H21FN2O2S/c1-17-10-12-18(13-11-17)15-27-24(29)16-28-21-8-4-5-9-22(21)31-23(25(28)30)14-19-6-2-3-7-20(19)26/h2-14H,15-16H2,1H3,(H,27,29)/b23-14-. The molecule has 6 heteroatoms. The van der Waals surface area contributed by atoms with Gasteiger partial charge in [-0.2, -0.15) is 0 Å². The Morgan fingerprint density at radius 3 is 2.52 bits per heavy atom. The van der Waals surface area contributed by atoms with E-state index in [0.717, 1.165) is 16.0 Å². The molecule has 4 nitrogen and oxygen atoms in total. The van der Waals surface area contributed by atoms with Gasteiger partial charge in [0.25, 0.3) is 5.91 Å². The van der Waals surface area contributed by atoms with Crippen molar-refractivity contribution in [1.82, 2.24) is 5.32 Å². The second-order valence-electron chi connectivity index (χ2n) is 7.25. The van der Waals surface area contributed by atoms with Crippen LogP contribution in [-0.4, -0.2) is 18.4 Å². The van der Waals surface area contributed by atoms with Gasteiger partial charge in [-0.25, -0.2) is 4.39 Å². The number of thioether (sulfide) groups is 1. The Labute approximate surface area is 184 Å². The molecule has 0 spiro atoms. The minimum absolute atomic E-state index is 0.114. The van der Waals surface area contributed by atoms with Gasteiger partial charge >= 0.3 is 0 Å². The fourth-order valence-corrected chi connectivity index (χ4v) is 4.31. The van der Waals surface area contributed by atoms with E-state index in [4.69, 9.17) is 0 Å². The lowest BCUT2D eigenvalue weighted by Crippen LogP contribution is -2.42. The molecule has 0 aromatic heterocycles. The molecule has 2 amide bonds. The predicted octanol–water partition coefficient (Wildman–Crippen LogP) is 4.93. The van der Waals surface area contributed by atoms with Gasteiger partial charge in [0.15, 0.2) is 0 Å². The average molecular weight is 433 g/mol. The van der Waals surface area contributed by atoms with E-state index in [-0.39, 0.29) is 18.4 Å². The number of para-hydroxylation sites is 1. The quantitative estimate of drug-likeness (QED) is 0.582. The van der Waals surface area contributed by atoms with Crippen molar-refractivity contribution in [2.24, 2.45) is 0 Å². The number of anilines is 1. The van der Waals surface area contributed by atoms with Gasteiger partial charge in [-0.15, -0.1) is 0 Å². The molecule has 0 atom stereocenters. The highest BCUT2D eigenvalue weighted by molar-refractivity contribution is 8.04. The van der Waals surface area contributed by atoms with Gasteiger partial charge in [0.05, 0.1) is 10.6 Å². The molecule has 1 aliphatic heterocycles. The van der Waals surface area contributed by atoms with Gasteiger partial charge in [-0.05, 0) is 36.8 Å². The number of carbonyl (C=O) groups excluding carboxylic acids is 2. The average Bonchev–Trinajstić information content (AvgIpc) is 2.77. The third kappa shape index (κ3) is 4.86. The molecule has 31 heavy (non-hydrogen) atoms. The minimum Gasteiger partial charge on any atom is -0.350 e. The molecule has 0 saturated heterocycles. The molecule has 4 rings (SSSR count). The second kappa shape index (κ2) is 9.18. The molecule has 0 bridgehead atoms. The Bertz CT molecular complexity index is 1160. The van der Waals surface area contributed by atoms with Crippen molar-refractivity contribution in [2.75, 3.05) is 11.4 Å². The summed E-state index contributed by atoms with van der Waals surface area (Å²) < 4.78 is 14.1. The first-order chi connectivity index (χ1) is 15.0. The molecule has 0 radical (unpaired) electrons. The largest absolute Gasteiger partial charge is 0.350 e. The number of benzene rings is 3. The fraction of sp³-hybridized carbons (Fsp3) is 0.120. The topological polar surface area (TPSA) is 49.4 Å². The Kier molecular flexibility index (Phi) is 6.18. The lowest BCUT2D eigenvalue weighted by Gasteiger charge is -2.29. The molecule has 0 fully saturated rings. The van der Waals surface area contributed by atoms with Crippen LogP contribution in [-0.2, 0) is 16.1 Å². The lowest BCUT2D eigenvalue weighted by atomic mass is 10.1. The molecule has 0 unspecified atom stereocenters. The number of hydrogen-bond donors (Lipinski definition) is 1. The van der Waals surface area contributed by atoms with Crippen LogP contribution in [0.5, 0.6) is 0 Å². The first-order valence-corrected chi connectivity index (χ1v) is 10.7. The maximum atomic E-state index is 14.1. The molecule has 1 heterocycles. The number of amides is 2. The van der Waals surface area contributed by atoms with Gasteiger partial charge in [0, 0.05) is 17.0 Å². The van der Waals surface area contributed by atoms with E-state index in [1.807, 2.05) is 55.5 Å². The number of aryl methyl sites for hydroxylation is 1. The number of fused-ring (bicyclic) bond motifs is 1. The molecular weight excluding hydrogens is 411 g/mol. The van der Waals surface area contributed by atoms with Crippen LogP contribution in [0.2, 0.25) is 0 Å². The maximum absolute atomic E-state index is 14.1. The SMILES string of the molecule is Cc1ccc(CNC(=O)CN2C(=O)/C(=C/c3ccccc3F)Sc3ccccc32)cc1. The van der Waals surface area contributed by atoms with E-state index in [1.165, 1.54) is 28.8 Å². The first kappa shape index (κ1) is 20.9. The van der Waals surface area contributed by atoms with Gasteiger partial charge in [-0.1, -0.05) is 71.9 Å². The van der Waals surface area contributed by atoms with E-state index in [9.17, 15) is 14.0 Å². The zero-order chi connectivity index (χ0) is 21.8. The summed E-state index contributed by atoms with van der Waals surface area (Å²) in [6.45, 7) is 2.28. The van der Waals surface area contributed by atoms with Crippen LogP contribution < -0.4 is 10.2 Å². The number of rotatable bonds is 5. The Balaban J connectivity index is 1.55. The summed E-state index contributed by atoms with van der Waals surface area (Å²) in [4.78, 5) is 28.5. The highest BCUT2D eigenvalue weighted by Gasteiger charge is 2.30. The molecular formula is C25H21FN2O2S. The number of nitrogens with zero attached hydrogens (tertiary/aromatic N) is 1. The summed E-state index contributed by atoms with van der Waals surface area (Å²) in [6.07, 6.45) is 1.54. The van der Waals surface area contributed by atoms with Crippen LogP contribution in [0.1, 0.15) is 16.7 Å². The zero-order valence-corrected chi connectivity index (χ0v) is 17.8. The van der Waals surface area contributed by atoms with E-state index in [1.54, 1.807) is 18.2 Å². The molecule has 3 aromatic rings. The predicted molar refractivity (Wildman–Crippen MR) is 122 cm³/mol. The van der Waals surface area contributed by atoms with Crippen molar-refractivity contribution >= 4 is 35.3 Å². The van der Waals surface area contributed by atoms with E-state index in [0.29, 0.717) is 22.7 Å². The van der Waals surface area contributed by atoms with Crippen molar-refractivity contribution in [2.45, 2.75) is 18.4 Å². The van der Waals surface area contributed by atoms with Gasteiger partial charge < -0.3 is 5.32 Å². The third-order valence-corrected chi connectivity index (χ3v) is 6.01. The van der Waals surface area contributed by atoms with E-state index >= 15 is 0 Å². The molecule has 1 aliphatic rings. The highest BCUT2D eigenvalue weighted by Crippen LogP contribution is 2.42. The van der Waals surface area contributed by atoms with Crippen molar-refractivity contribution in [3.63, 3.8) is 0 Å².